The lowest BCUT2D eigenvalue weighted by Gasteiger charge is -2.17. The van der Waals surface area contributed by atoms with Crippen molar-refractivity contribution in [3.05, 3.63) is 69.9 Å². The molecule has 0 radical (unpaired) electrons. The molecular weight excluding hydrogens is 322 g/mol. The van der Waals surface area contributed by atoms with Crippen molar-refractivity contribution in [1.82, 2.24) is 14.4 Å². The topological polar surface area (TPSA) is 93.8 Å². The van der Waals surface area contributed by atoms with Crippen LogP contribution in [0.4, 0.5) is 0 Å². The molecule has 0 aliphatic rings. The van der Waals surface area contributed by atoms with Crippen LogP contribution in [-0.4, -0.2) is 32.6 Å². The number of methoxy groups -OCH3 is 1. The third kappa shape index (κ3) is 3.21. The number of carbonyl (C=O) groups excluding carboxylic acids is 1. The average Bonchev–Trinajstić information content (AvgIpc) is 2.62. The van der Waals surface area contributed by atoms with Crippen molar-refractivity contribution in [3.8, 4) is 5.88 Å². The molecule has 3 rings (SSSR count). The molecule has 0 unspecified atom stereocenters. The second kappa shape index (κ2) is 6.72. The Balaban J connectivity index is 2.25. The van der Waals surface area contributed by atoms with Crippen LogP contribution in [0.2, 0.25) is 0 Å². The largest absolute Gasteiger partial charge is 0.493 e. The molecule has 7 heteroatoms. The van der Waals surface area contributed by atoms with Gasteiger partial charge in [0.2, 0.25) is 5.88 Å². The van der Waals surface area contributed by atoms with Crippen molar-refractivity contribution in [2.24, 2.45) is 0 Å². The van der Waals surface area contributed by atoms with E-state index in [1.165, 1.54) is 11.5 Å². The van der Waals surface area contributed by atoms with Crippen LogP contribution in [0.3, 0.4) is 0 Å². The Bertz CT molecular complexity index is 983. The summed E-state index contributed by atoms with van der Waals surface area (Å²) in [7, 11) is 1.28. The fourth-order valence-electron chi connectivity index (χ4n) is 2.77. The van der Waals surface area contributed by atoms with E-state index in [9.17, 15) is 14.7 Å². The van der Waals surface area contributed by atoms with Crippen molar-refractivity contribution in [2.45, 2.75) is 19.3 Å². The zero-order valence-electron chi connectivity index (χ0n) is 13.8. The van der Waals surface area contributed by atoms with Gasteiger partial charge in [-0.25, -0.2) is 0 Å². The fourth-order valence-corrected chi connectivity index (χ4v) is 2.77. The first-order valence-electron chi connectivity index (χ1n) is 7.70. The number of pyridine rings is 2. The molecule has 0 bridgehead atoms. The Morgan fingerprint density at radius 3 is 2.84 bits per heavy atom. The first kappa shape index (κ1) is 16.6. The maximum Gasteiger partial charge on any atom is 0.306 e. The molecule has 0 aromatic carbocycles. The van der Waals surface area contributed by atoms with E-state index >= 15 is 0 Å². The quantitative estimate of drug-likeness (QED) is 0.729. The van der Waals surface area contributed by atoms with Crippen molar-refractivity contribution in [2.75, 3.05) is 7.11 Å². The van der Waals surface area contributed by atoms with E-state index in [0.29, 0.717) is 11.2 Å². The maximum atomic E-state index is 13.0. The molecule has 128 valence electrons. The third-order valence-electron chi connectivity index (χ3n) is 4.02. The molecule has 0 saturated heterocycles. The fraction of sp³-hybridized carbons (Fsp3) is 0.222. The molecule has 0 aliphatic carbocycles. The Hall–Kier alpha value is -3.22. The molecule has 0 saturated carbocycles. The number of aromatic hydroxyl groups is 1. The smallest absolute Gasteiger partial charge is 0.306 e. The van der Waals surface area contributed by atoms with E-state index in [-0.39, 0.29) is 12.0 Å². The molecule has 3 aromatic heterocycles. The van der Waals surface area contributed by atoms with Crippen molar-refractivity contribution < 1.29 is 14.6 Å². The predicted molar refractivity (Wildman–Crippen MR) is 90.6 cm³/mol. The summed E-state index contributed by atoms with van der Waals surface area (Å²) in [5.74, 6) is -1.60. The van der Waals surface area contributed by atoms with Crippen LogP contribution in [0.1, 0.15) is 29.0 Å². The van der Waals surface area contributed by atoms with Gasteiger partial charge in [-0.05, 0) is 30.2 Å². The van der Waals surface area contributed by atoms with Gasteiger partial charge in [0.25, 0.3) is 5.56 Å². The van der Waals surface area contributed by atoms with Gasteiger partial charge in [0.05, 0.1) is 19.1 Å². The SMILES string of the molecule is COC(=O)C[C@H](c1cccnc1)c1c(O)nc2ccc(C)cn2c1=O. The van der Waals surface area contributed by atoms with Gasteiger partial charge < -0.3 is 9.84 Å². The van der Waals surface area contributed by atoms with Crippen LogP contribution < -0.4 is 5.56 Å². The number of carbonyl (C=O) groups is 1. The van der Waals surface area contributed by atoms with E-state index < -0.39 is 23.3 Å². The summed E-state index contributed by atoms with van der Waals surface area (Å²) in [4.78, 5) is 33.0. The number of hydrogen-bond acceptors (Lipinski definition) is 6. The number of rotatable bonds is 4. The number of aromatic nitrogens is 3. The molecular formula is C18H17N3O4. The minimum Gasteiger partial charge on any atom is -0.493 e. The molecule has 7 nitrogen and oxygen atoms in total. The highest BCUT2D eigenvalue weighted by Gasteiger charge is 2.27. The van der Waals surface area contributed by atoms with E-state index in [0.717, 1.165) is 5.56 Å². The predicted octanol–water partition coefficient (Wildman–Crippen LogP) is 1.80. The monoisotopic (exact) mass is 339 g/mol. The van der Waals surface area contributed by atoms with Crippen molar-refractivity contribution >= 4 is 11.6 Å². The van der Waals surface area contributed by atoms with Gasteiger partial charge in [-0.15, -0.1) is 0 Å². The zero-order valence-corrected chi connectivity index (χ0v) is 13.8. The molecule has 25 heavy (non-hydrogen) atoms. The molecule has 0 fully saturated rings. The lowest BCUT2D eigenvalue weighted by Crippen LogP contribution is -2.24. The summed E-state index contributed by atoms with van der Waals surface area (Å²) < 4.78 is 6.11. The summed E-state index contributed by atoms with van der Waals surface area (Å²) in [5.41, 5.74) is 1.44. The number of aryl methyl sites for hydroxylation is 1. The molecule has 3 aromatic rings. The first-order chi connectivity index (χ1) is 12.0. The van der Waals surface area contributed by atoms with E-state index in [2.05, 4.69) is 9.97 Å². The van der Waals surface area contributed by atoms with Crippen LogP contribution in [0.5, 0.6) is 5.88 Å². The molecule has 1 N–H and O–H groups in total. The third-order valence-corrected chi connectivity index (χ3v) is 4.02. The number of nitrogens with zero attached hydrogens (tertiary/aromatic N) is 3. The van der Waals surface area contributed by atoms with Crippen LogP contribution in [0.15, 0.2) is 47.7 Å². The van der Waals surface area contributed by atoms with Crippen molar-refractivity contribution in [3.63, 3.8) is 0 Å². The minimum atomic E-state index is -0.710. The van der Waals surface area contributed by atoms with Gasteiger partial charge in [-0.2, -0.15) is 4.98 Å². The molecule has 0 aliphatic heterocycles. The van der Waals surface area contributed by atoms with Crippen LogP contribution in [-0.2, 0) is 9.53 Å². The molecule has 0 spiro atoms. The Kier molecular flexibility index (Phi) is 4.47. The van der Waals surface area contributed by atoms with Gasteiger partial charge in [0.15, 0.2) is 0 Å². The Morgan fingerprint density at radius 1 is 1.36 bits per heavy atom. The summed E-state index contributed by atoms with van der Waals surface area (Å²) in [6, 6.07) is 6.89. The van der Waals surface area contributed by atoms with Crippen LogP contribution in [0, 0.1) is 6.92 Å². The Labute approximate surface area is 143 Å². The standard InChI is InChI=1S/C18H17N3O4/c1-11-5-6-14-20-17(23)16(18(24)21(14)10-11)13(8-15(22)25-2)12-4-3-7-19-9-12/h3-7,9-10,13,23H,8H2,1-2H3/t13-/m1/s1. The maximum absolute atomic E-state index is 13.0. The molecule has 1 atom stereocenters. The van der Waals surface area contributed by atoms with Crippen LogP contribution in [0.25, 0.3) is 5.65 Å². The minimum absolute atomic E-state index is 0.0431. The summed E-state index contributed by atoms with van der Waals surface area (Å²) >= 11 is 0. The van der Waals surface area contributed by atoms with E-state index in [4.69, 9.17) is 4.74 Å². The van der Waals surface area contributed by atoms with E-state index in [1.54, 1.807) is 42.9 Å². The second-order valence-corrected chi connectivity index (χ2v) is 5.71. The second-order valence-electron chi connectivity index (χ2n) is 5.71. The van der Waals surface area contributed by atoms with Gasteiger partial charge in [-0.1, -0.05) is 12.1 Å². The van der Waals surface area contributed by atoms with Gasteiger partial charge in [-0.3, -0.25) is 19.0 Å². The number of esters is 1. The van der Waals surface area contributed by atoms with Gasteiger partial charge >= 0.3 is 5.97 Å². The van der Waals surface area contributed by atoms with Gasteiger partial charge in [0.1, 0.15) is 5.65 Å². The van der Waals surface area contributed by atoms with Crippen molar-refractivity contribution in [1.29, 1.82) is 0 Å². The number of ether oxygens (including phenoxy) is 1. The molecule has 3 heterocycles. The summed E-state index contributed by atoms with van der Waals surface area (Å²) in [5, 5.41) is 10.4. The summed E-state index contributed by atoms with van der Waals surface area (Å²) in [6.07, 6.45) is 4.68. The van der Waals surface area contributed by atoms with E-state index in [1.807, 2.05) is 6.92 Å². The number of hydrogen-bond donors (Lipinski definition) is 1. The lowest BCUT2D eigenvalue weighted by molar-refractivity contribution is -0.140. The number of fused-ring (bicyclic) bond motifs is 1. The highest BCUT2D eigenvalue weighted by Crippen LogP contribution is 2.30. The van der Waals surface area contributed by atoms with Gasteiger partial charge in [0, 0.05) is 24.5 Å². The highest BCUT2D eigenvalue weighted by molar-refractivity contribution is 5.71. The van der Waals surface area contributed by atoms with Crippen LogP contribution >= 0.6 is 0 Å². The zero-order chi connectivity index (χ0) is 18.0. The normalized spacial score (nSPS) is 12.1. The average molecular weight is 339 g/mol. The molecule has 0 amide bonds. The summed E-state index contributed by atoms with van der Waals surface area (Å²) in [6.45, 7) is 1.85. The highest BCUT2D eigenvalue weighted by atomic mass is 16.5. The first-order valence-corrected chi connectivity index (χ1v) is 7.70. The Morgan fingerprint density at radius 2 is 2.16 bits per heavy atom. The lowest BCUT2D eigenvalue weighted by atomic mass is 9.90.